The molecule has 0 saturated carbocycles. The maximum absolute atomic E-state index is 11.7. The summed E-state index contributed by atoms with van der Waals surface area (Å²) in [6.45, 7) is 3.62. The van der Waals surface area contributed by atoms with Crippen molar-refractivity contribution in [1.29, 1.82) is 0 Å². The molecule has 98 valence electrons. The largest absolute Gasteiger partial charge is 0.441 e. The van der Waals surface area contributed by atoms with Crippen molar-refractivity contribution in [2.45, 2.75) is 13.8 Å². The molecule has 1 amide bonds. The van der Waals surface area contributed by atoms with Crippen molar-refractivity contribution in [3.8, 4) is 11.5 Å². The molecule has 0 fully saturated rings. The molecule has 1 heterocycles. The van der Waals surface area contributed by atoms with Crippen molar-refractivity contribution in [2.24, 2.45) is 16.5 Å². The van der Waals surface area contributed by atoms with Gasteiger partial charge in [0.1, 0.15) is 5.76 Å². The van der Waals surface area contributed by atoms with Crippen LogP contribution in [0.4, 0.5) is 0 Å². The Hall–Kier alpha value is -2.63. The summed E-state index contributed by atoms with van der Waals surface area (Å²) in [7, 11) is 0. The van der Waals surface area contributed by atoms with Crippen molar-refractivity contribution >= 4 is 11.9 Å². The van der Waals surface area contributed by atoms with E-state index in [1.807, 2.05) is 31.2 Å². The molecule has 0 saturated heterocycles. The Bertz CT molecular complexity index is 637. The van der Waals surface area contributed by atoms with Gasteiger partial charge in [-0.2, -0.15) is 4.99 Å². The molecule has 0 bridgehead atoms. The number of nitrogens with two attached hydrogens (primary N) is 2. The Morgan fingerprint density at radius 2 is 1.84 bits per heavy atom. The number of benzene rings is 1. The first-order valence-electron chi connectivity index (χ1n) is 5.66. The first kappa shape index (κ1) is 12.8. The molecular formula is C13H14N4O2. The number of carbonyl (C=O) groups excluding carboxylic acids is 1. The number of aromatic nitrogens is 1. The molecule has 4 N–H and O–H groups in total. The van der Waals surface area contributed by atoms with Crippen LogP contribution < -0.4 is 11.5 Å². The molecule has 6 heteroatoms. The van der Waals surface area contributed by atoms with Crippen molar-refractivity contribution in [1.82, 2.24) is 4.98 Å². The fraction of sp³-hybridized carbons (Fsp3) is 0.154. The van der Waals surface area contributed by atoms with Crippen LogP contribution in [0.25, 0.3) is 11.5 Å². The minimum Gasteiger partial charge on any atom is -0.441 e. The van der Waals surface area contributed by atoms with Crippen molar-refractivity contribution in [3.05, 3.63) is 41.3 Å². The summed E-state index contributed by atoms with van der Waals surface area (Å²) in [6, 6.07) is 7.61. The smallest absolute Gasteiger partial charge is 0.302 e. The second-order valence-electron chi connectivity index (χ2n) is 4.13. The number of rotatable bonds is 2. The second kappa shape index (κ2) is 4.93. The highest BCUT2D eigenvalue weighted by Gasteiger charge is 2.17. The van der Waals surface area contributed by atoms with Gasteiger partial charge in [-0.15, -0.1) is 0 Å². The molecule has 0 unspecified atom stereocenters. The Labute approximate surface area is 110 Å². The highest BCUT2D eigenvalue weighted by molar-refractivity contribution is 6.01. The van der Waals surface area contributed by atoms with E-state index >= 15 is 0 Å². The van der Waals surface area contributed by atoms with Gasteiger partial charge in [-0.05, 0) is 26.0 Å². The van der Waals surface area contributed by atoms with Gasteiger partial charge in [0.05, 0.1) is 0 Å². The molecule has 0 aliphatic heterocycles. The number of carbonyl (C=O) groups is 1. The minimum atomic E-state index is -0.611. The third kappa shape index (κ3) is 2.79. The maximum Gasteiger partial charge on any atom is 0.302 e. The summed E-state index contributed by atoms with van der Waals surface area (Å²) in [6.07, 6.45) is 0. The van der Waals surface area contributed by atoms with E-state index < -0.39 is 5.91 Å². The van der Waals surface area contributed by atoms with Gasteiger partial charge in [-0.1, -0.05) is 17.7 Å². The number of amides is 1. The zero-order valence-electron chi connectivity index (χ0n) is 10.7. The third-order valence-corrected chi connectivity index (χ3v) is 2.53. The molecule has 19 heavy (non-hydrogen) atoms. The monoisotopic (exact) mass is 258 g/mol. The quantitative estimate of drug-likeness (QED) is 0.624. The summed E-state index contributed by atoms with van der Waals surface area (Å²) in [5, 5.41) is 0. The van der Waals surface area contributed by atoms with Gasteiger partial charge in [-0.25, -0.2) is 4.98 Å². The van der Waals surface area contributed by atoms with E-state index in [2.05, 4.69) is 9.98 Å². The van der Waals surface area contributed by atoms with Crippen LogP contribution in [0.3, 0.4) is 0 Å². The predicted molar refractivity (Wildman–Crippen MR) is 71.6 cm³/mol. The van der Waals surface area contributed by atoms with E-state index in [0.29, 0.717) is 11.7 Å². The van der Waals surface area contributed by atoms with Gasteiger partial charge in [0.25, 0.3) is 0 Å². The summed E-state index contributed by atoms with van der Waals surface area (Å²) in [4.78, 5) is 19.3. The van der Waals surface area contributed by atoms with E-state index in [0.717, 1.165) is 11.1 Å². The topological polar surface area (TPSA) is 108 Å². The summed E-state index contributed by atoms with van der Waals surface area (Å²) < 4.78 is 5.46. The number of hydrogen-bond donors (Lipinski definition) is 2. The van der Waals surface area contributed by atoms with Crippen molar-refractivity contribution in [2.75, 3.05) is 0 Å². The zero-order valence-corrected chi connectivity index (χ0v) is 10.7. The van der Waals surface area contributed by atoms with Gasteiger partial charge in [-0.3, -0.25) is 4.79 Å². The van der Waals surface area contributed by atoms with Crippen LogP contribution in [-0.4, -0.2) is 16.9 Å². The first-order chi connectivity index (χ1) is 8.97. The fourth-order valence-electron chi connectivity index (χ4n) is 1.58. The lowest BCUT2D eigenvalue weighted by molar-refractivity contribution is 0.0997. The Kier molecular flexibility index (Phi) is 3.33. The Balaban J connectivity index is 2.38. The zero-order chi connectivity index (χ0) is 14.0. The molecule has 1 aromatic heterocycles. The Morgan fingerprint density at radius 3 is 2.42 bits per heavy atom. The summed E-state index contributed by atoms with van der Waals surface area (Å²) in [5.41, 5.74) is 12.4. The lowest BCUT2D eigenvalue weighted by Gasteiger charge is -1.95. The fourth-order valence-corrected chi connectivity index (χ4v) is 1.58. The molecule has 2 rings (SSSR count). The van der Waals surface area contributed by atoms with E-state index in [4.69, 9.17) is 15.9 Å². The number of aryl methyl sites for hydroxylation is 2. The predicted octanol–water partition coefficient (Wildman–Crippen LogP) is 1.37. The molecule has 0 atom stereocenters. The SMILES string of the molecule is Cc1ccc(-c2nc(C(=O)N=C(N)N)c(C)o2)cc1. The Morgan fingerprint density at radius 1 is 1.21 bits per heavy atom. The summed E-state index contributed by atoms with van der Waals surface area (Å²) >= 11 is 0. The standard InChI is InChI=1S/C13H14N4O2/c1-7-3-5-9(6-4-7)12-16-10(8(2)19-12)11(18)17-13(14)15/h3-6H,1-2H3,(H4,14,15,17,18). The molecule has 0 aliphatic rings. The van der Waals surface area contributed by atoms with E-state index in [1.54, 1.807) is 6.92 Å². The highest BCUT2D eigenvalue weighted by Crippen LogP contribution is 2.22. The van der Waals surface area contributed by atoms with Crippen LogP contribution in [-0.2, 0) is 0 Å². The molecule has 6 nitrogen and oxygen atoms in total. The van der Waals surface area contributed by atoms with Crippen LogP contribution in [0.15, 0.2) is 33.7 Å². The highest BCUT2D eigenvalue weighted by atomic mass is 16.4. The van der Waals surface area contributed by atoms with E-state index in [-0.39, 0.29) is 11.7 Å². The van der Waals surface area contributed by atoms with Gasteiger partial charge >= 0.3 is 5.91 Å². The number of nitrogens with zero attached hydrogens (tertiary/aromatic N) is 2. The van der Waals surface area contributed by atoms with Crippen LogP contribution >= 0.6 is 0 Å². The number of oxazole rings is 1. The number of guanidine groups is 1. The first-order valence-corrected chi connectivity index (χ1v) is 5.66. The maximum atomic E-state index is 11.7. The molecule has 2 aromatic rings. The molecular weight excluding hydrogens is 244 g/mol. The molecule has 0 spiro atoms. The van der Waals surface area contributed by atoms with Crippen LogP contribution in [0.5, 0.6) is 0 Å². The second-order valence-corrected chi connectivity index (χ2v) is 4.13. The van der Waals surface area contributed by atoms with Crippen LogP contribution in [0.1, 0.15) is 21.8 Å². The van der Waals surface area contributed by atoms with Crippen LogP contribution in [0, 0.1) is 13.8 Å². The number of aliphatic imine (C=N–C) groups is 1. The minimum absolute atomic E-state index is 0.115. The van der Waals surface area contributed by atoms with Gasteiger partial charge in [0, 0.05) is 5.56 Å². The average Bonchev–Trinajstić information content (AvgIpc) is 2.71. The average molecular weight is 258 g/mol. The van der Waals surface area contributed by atoms with Crippen LogP contribution in [0.2, 0.25) is 0 Å². The van der Waals surface area contributed by atoms with E-state index in [1.165, 1.54) is 0 Å². The van der Waals surface area contributed by atoms with Crippen molar-refractivity contribution in [3.63, 3.8) is 0 Å². The van der Waals surface area contributed by atoms with E-state index in [9.17, 15) is 4.79 Å². The lowest BCUT2D eigenvalue weighted by Crippen LogP contribution is -2.24. The molecule has 0 radical (unpaired) electrons. The van der Waals surface area contributed by atoms with Gasteiger partial charge < -0.3 is 15.9 Å². The third-order valence-electron chi connectivity index (χ3n) is 2.53. The lowest BCUT2D eigenvalue weighted by atomic mass is 10.1. The normalized spacial score (nSPS) is 10.2. The van der Waals surface area contributed by atoms with Crippen molar-refractivity contribution < 1.29 is 9.21 Å². The summed E-state index contributed by atoms with van der Waals surface area (Å²) in [5.74, 6) is -0.166. The van der Waals surface area contributed by atoms with Gasteiger partial charge in [0.15, 0.2) is 11.7 Å². The molecule has 0 aliphatic carbocycles. The molecule has 1 aromatic carbocycles. The number of hydrogen-bond acceptors (Lipinski definition) is 3. The van der Waals surface area contributed by atoms with Gasteiger partial charge in [0.2, 0.25) is 5.89 Å².